The summed E-state index contributed by atoms with van der Waals surface area (Å²) in [6.07, 6.45) is 1.03. The standard InChI is InChI=1S/C13H20N2O4/c1-3-11(16)7-8-14-10-5-6-12(15(17)18)13(9-10)19-4-2/h5-6,9,11,14,16H,3-4,7-8H2,1-2H3. The van der Waals surface area contributed by atoms with Crippen molar-refractivity contribution < 1.29 is 14.8 Å². The van der Waals surface area contributed by atoms with Crippen LogP contribution in [0.4, 0.5) is 11.4 Å². The molecule has 2 N–H and O–H groups in total. The maximum Gasteiger partial charge on any atom is 0.311 e. The van der Waals surface area contributed by atoms with Crippen LogP contribution >= 0.6 is 0 Å². The molecule has 1 atom stereocenters. The number of hydrogen-bond donors (Lipinski definition) is 2. The molecule has 0 saturated carbocycles. The molecule has 0 radical (unpaired) electrons. The summed E-state index contributed by atoms with van der Waals surface area (Å²) >= 11 is 0. The predicted molar refractivity (Wildman–Crippen MR) is 73.7 cm³/mol. The molecule has 6 heteroatoms. The normalized spacial score (nSPS) is 11.9. The van der Waals surface area contributed by atoms with Gasteiger partial charge in [-0.15, -0.1) is 0 Å². The monoisotopic (exact) mass is 268 g/mol. The van der Waals surface area contributed by atoms with Gasteiger partial charge in [-0.2, -0.15) is 0 Å². The fourth-order valence-electron chi connectivity index (χ4n) is 1.63. The Morgan fingerprint density at radius 3 is 2.79 bits per heavy atom. The van der Waals surface area contributed by atoms with E-state index < -0.39 is 4.92 Å². The van der Waals surface area contributed by atoms with Gasteiger partial charge in [0, 0.05) is 24.4 Å². The average molecular weight is 268 g/mol. The van der Waals surface area contributed by atoms with E-state index in [1.54, 1.807) is 19.1 Å². The number of nitro groups is 1. The third kappa shape index (κ3) is 4.75. The molecule has 0 fully saturated rings. The minimum Gasteiger partial charge on any atom is -0.487 e. The number of hydrogen-bond acceptors (Lipinski definition) is 5. The third-order valence-electron chi connectivity index (χ3n) is 2.73. The molecule has 6 nitrogen and oxygen atoms in total. The number of nitro benzene ring substituents is 1. The van der Waals surface area contributed by atoms with Crippen LogP contribution in [-0.2, 0) is 0 Å². The second kappa shape index (κ2) is 7.58. The van der Waals surface area contributed by atoms with Crippen LogP contribution in [0.25, 0.3) is 0 Å². The average Bonchev–Trinajstić information content (AvgIpc) is 2.38. The van der Waals surface area contributed by atoms with Crippen LogP contribution in [0.5, 0.6) is 5.75 Å². The van der Waals surface area contributed by atoms with Crippen LogP contribution in [0.2, 0.25) is 0 Å². The van der Waals surface area contributed by atoms with Gasteiger partial charge in [0.2, 0.25) is 0 Å². The molecule has 106 valence electrons. The summed E-state index contributed by atoms with van der Waals surface area (Å²) in [4.78, 5) is 10.4. The molecule has 1 aromatic carbocycles. The molecule has 0 aromatic heterocycles. The molecule has 1 aromatic rings. The first kappa shape index (κ1) is 15.2. The topological polar surface area (TPSA) is 84.6 Å². The smallest absolute Gasteiger partial charge is 0.311 e. The minimum absolute atomic E-state index is 0.0407. The Morgan fingerprint density at radius 2 is 2.21 bits per heavy atom. The quantitative estimate of drug-likeness (QED) is 0.559. The fourth-order valence-corrected chi connectivity index (χ4v) is 1.63. The second-order valence-electron chi connectivity index (χ2n) is 4.15. The predicted octanol–water partition coefficient (Wildman–Crippen LogP) is 2.57. The van der Waals surface area contributed by atoms with E-state index in [2.05, 4.69) is 5.32 Å². The SMILES string of the molecule is CCOc1cc(NCCC(O)CC)ccc1[N+](=O)[O-]. The van der Waals surface area contributed by atoms with Crippen molar-refractivity contribution in [3.8, 4) is 5.75 Å². The van der Waals surface area contributed by atoms with Gasteiger partial charge in [0.25, 0.3) is 0 Å². The van der Waals surface area contributed by atoms with E-state index in [1.807, 2.05) is 6.92 Å². The van der Waals surface area contributed by atoms with E-state index in [-0.39, 0.29) is 17.5 Å². The Morgan fingerprint density at radius 1 is 1.47 bits per heavy atom. The largest absolute Gasteiger partial charge is 0.487 e. The Balaban J connectivity index is 2.69. The first-order valence-corrected chi connectivity index (χ1v) is 6.41. The van der Waals surface area contributed by atoms with Crippen LogP contribution < -0.4 is 10.1 Å². The van der Waals surface area contributed by atoms with Gasteiger partial charge in [-0.05, 0) is 25.8 Å². The number of anilines is 1. The highest BCUT2D eigenvalue weighted by atomic mass is 16.6. The number of aliphatic hydroxyl groups is 1. The lowest BCUT2D eigenvalue weighted by molar-refractivity contribution is -0.385. The Hall–Kier alpha value is -1.82. The summed E-state index contributed by atoms with van der Waals surface area (Å²) in [5.41, 5.74) is 0.707. The number of nitrogens with one attached hydrogen (secondary N) is 1. The second-order valence-corrected chi connectivity index (χ2v) is 4.15. The zero-order valence-electron chi connectivity index (χ0n) is 11.3. The van der Waals surface area contributed by atoms with Crippen molar-refractivity contribution in [3.63, 3.8) is 0 Å². The Kier molecular flexibility index (Phi) is 6.08. The number of benzene rings is 1. The summed E-state index contributed by atoms with van der Waals surface area (Å²) < 4.78 is 5.26. The third-order valence-corrected chi connectivity index (χ3v) is 2.73. The van der Waals surface area contributed by atoms with Crippen molar-refractivity contribution in [1.82, 2.24) is 0 Å². The Bertz CT molecular complexity index is 423. The molecule has 0 aliphatic rings. The van der Waals surface area contributed by atoms with Gasteiger partial charge in [0.15, 0.2) is 5.75 Å². The highest BCUT2D eigenvalue weighted by molar-refractivity contribution is 5.57. The highest BCUT2D eigenvalue weighted by Crippen LogP contribution is 2.30. The molecule has 0 spiro atoms. The van der Waals surface area contributed by atoms with Gasteiger partial charge >= 0.3 is 5.69 Å². The highest BCUT2D eigenvalue weighted by Gasteiger charge is 2.15. The van der Waals surface area contributed by atoms with Gasteiger partial charge < -0.3 is 15.2 Å². The van der Waals surface area contributed by atoms with E-state index in [0.29, 0.717) is 26.0 Å². The number of rotatable bonds is 8. The maximum atomic E-state index is 10.8. The molecule has 0 bridgehead atoms. The molecule has 0 saturated heterocycles. The molecule has 1 rings (SSSR count). The molecule has 19 heavy (non-hydrogen) atoms. The van der Waals surface area contributed by atoms with Crippen LogP contribution in [0.1, 0.15) is 26.7 Å². The van der Waals surface area contributed by atoms with Crippen molar-refractivity contribution in [3.05, 3.63) is 28.3 Å². The van der Waals surface area contributed by atoms with E-state index >= 15 is 0 Å². The van der Waals surface area contributed by atoms with Crippen molar-refractivity contribution in [1.29, 1.82) is 0 Å². The molecule has 1 unspecified atom stereocenters. The molecule has 0 aliphatic heterocycles. The molecular weight excluding hydrogens is 248 g/mol. The summed E-state index contributed by atoms with van der Waals surface area (Å²) in [6.45, 7) is 4.68. The van der Waals surface area contributed by atoms with Crippen LogP contribution in [0.3, 0.4) is 0 Å². The van der Waals surface area contributed by atoms with Crippen molar-refractivity contribution in [2.75, 3.05) is 18.5 Å². The van der Waals surface area contributed by atoms with Crippen molar-refractivity contribution in [2.24, 2.45) is 0 Å². The number of ether oxygens (including phenoxy) is 1. The first-order chi connectivity index (χ1) is 9.08. The summed E-state index contributed by atoms with van der Waals surface area (Å²) in [5.74, 6) is 0.258. The fraction of sp³-hybridized carbons (Fsp3) is 0.538. The van der Waals surface area contributed by atoms with Gasteiger partial charge in [-0.25, -0.2) is 0 Å². The summed E-state index contributed by atoms with van der Waals surface area (Å²) in [7, 11) is 0. The lowest BCUT2D eigenvalue weighted by atomic mass is 10.2. The summed E-state index contributed by atoms with van der Waals surface area (Å²) in [6, 6.07) is 4.67. The first-order valence-electron chi connectivity index (χ1n) is 6.41. The molecule has 0 aliphatic carbocycles. The van der Waals surface area contributed by atoms with E-state index in [9.17, 15) is 15.2 Å². The molecular formula is C13H20N2O4. The zero-order valence-corrected chi connectivity index (χ0v) is 11.3. The van der Waals surface area contributed by atoms with E-state index in [0.717, 1.165) is 5.69 Å². The lowest BCUT2D eigenvalue weighted by Gasteiger charge is -2.11. The van der Waals surface area contributed by atoms with Gasteiger partial charge in [-0.1, -0.05) is 6.92 Å². The van der Waals surface area contributed by atoms with Crippen LogP contribution in [0.15, 0.2) is 18.2 Å². The van der Waals surface area contributed by atoms with Crippen molar-refractivity contribution in [2.45, 2.75) is 32.8 Å². The number of aliphatic hydroxyl groups excluding tert-OH is 1. The molecule has 0 heterocycles. The van der Waals surface area contributed by atoms with Gasteiger partial charge in [0.05, 0.1) is 17.6 Å². The van der Waals surface area contributed by atoms with E-state index in [4.69, 9.17) is 4.74 Å². The van der Waals surface area contributed by atoms with Gasteiger partial charge in [-0.3, -0.25) is 10.1 Å². The van der Waals surface area contributed by atoms with Crippen molar-refractivity contribution >= 4 is 11.4 Å². The lowest BCUT2D eigenvalue weighted by Crippen LogP contribution is -2.12. The van der Waals surface area contributed by atoms with E-state index in [1.165, 1.54) is 6.07 Å². The molecule has 0 amide bonds. The number of nitrogens with zero attached hydrogens (tertiary/aromatic N) is 1. The minimum atomic E-state index is -0.463. The summed E-state index contributed by atoms with van der Waals surface area (Å²) in [5, 5.41) is 23.4. The maximum absolute atomic E-state index is 10.8. The Labute approximate surface area is 112 Å². The van der Waals surface area contributed by atoms with Crippen LogP contribution in [-0.4, -0.2) is 29.3 Å². The zero-order chi connectivity index (χ0) is 14.3. The van der Waals surface area contributed by atoms with Gasteiger partial charge in [0.1, 0.15) is 0 Å². The van der Waals surface area contributed by atoms with Crippen LogP contribution in [0, 0.1) is 10.1 Å².